The van der Waals surface area contributed by atoms with Crippen molar-refractivity contribution >= 4 is 15.9 Å². The molecule has 0 unspecified atom stereocenters. The number of benzene rings is 1. The van der Waals surface area contributed by atoms with Crippen LogP contribution in [0.5, 0.6) is 0 Å². The fourth-order valence-electron chi connectivity index (χ4n) is 4.31. The van der Waals surface area contributed by atoms with Crippen LogP contribution in [-0.2, 0) is 14.8 Å². The Kier molecular flexibility index (Phi) is 7.35. The first kappa shape index (κ1) is 22.2. The van der Waals surface area contributed by atoms with Gasteiger partial charge in [-0.1, -0.05) is 32.9 Å². The van der Waals surface area contributed by atoms with Crippen LogP contribution in [-0.4, -0.2) is 69.3 Å². The number of nitrogens with one attached hydrogen (secondary N) is 1. The van der Waals surface area contributed by atoms with Crippen molar-refractivity contribution in [3.63, 3.8) is 0 Å². The SMILES string of the molecule is CC[C@H](C)c1ccc(S(=O)(=O)N2CC[NH+](CC(=O)N3CCC[C@H](C)C3)CC2)cc1. The second kappa shape index (κ2) is 9.58. The Morgan fingerprint density at radius 1 is 1.17 bits per heavy atom. The minimum Gasteiger partial charge on any atom is -0.338 e. The summed E-state index contributed by atoms with van der Waals surface area (Å²) in [7, 11) is -3.47. The lowest BCUT2D eigenvalue weighted by Gasteiger charge is -2.34. The lowest BCUT2D eigenvalue weighted by molar-refractivity contribution is -0.896. The van der Waals surface area contributed by atoms with Gasteiger partial charge in [-0.2, -0.15) is 4.31 Å². The van der Waals surface area contributed by atoms with Gasteiger partial charge in [0, 0.05) is 13.1 Å². The molecule has 1 aromatic carbocycles. The van der Waals surface area contributed by atoms with Crippen LogP contribution in [0.15, 0.2) is 29.2 Å². The van der Waals surface area contributed by atoms with Gasteiger partial charge in [0.05, 0.1) is 31.1 Å². The molecule has 7 heteroatoms. The molecule has 162 valence electrons. The Morgan fingerprint density at radius 3 is 2.41 bits per heavy atom. The first-order valence-electron chi connectivity index (χ1n) is 11.0. The smallest absolute Gasteiger partial charge is 0.277 e. The molecule has 0 saturated carbocycles. The van der Waals surface area contributed by atoms with Crippen LogP contribution in [0.25, 0.3) is 0 Å². The Balaban J connectivity index is 1.54. The van der Waals surface area contributed by atoms with Crippen LogP contribution < -0.4 is 4.90 Å². The van der Waals surface area contributed by atoms with Gasteiger partial charge in [0.2, 0.25) is 10.0 Å². The Morgan fingerprint density at radius 2 is 1.83 bits per heavy atom. The summed E-state index contributed by atoms with van der Waals surface area (Å²) in [5.74, 6) is 1.22. The van der Waals surface area contributed by atoms with Crippen LogP contribution in [0.1, 0.15) is 51.5 Å². The van der Waals surface area contributed by atoms with E-state index >= 15 is 0 Å². The van der Waals surface area contributed by atoms with E-state index in [9.17, 15) is 13.2 Å². The molecular formula is C22H36N3O3S+. The minimum atomic E-state index is -3.47. The molecule has 0 spiro atoms. The Hall–Kier alpha value is -1.44. The van der Waals surface area contributed by atoms with Crippen molar-refractivity contribution in [3.8, 4) is 0 Å². The maximum absolute atomic E-state index is 13.0. The summed E-state index contributed by atoms with van der Waals surface area (Å²) in [6, 6.07) is 7.33. The third kappa shape index (κ3) is 5.38. The molecule has 2 atom stereocenters. The van der Waals surface area contributed by atoms with Crippen molar-refractivity contribution < 1.29 is 18.1 Å². The van der Waals surface area contributed by atoms with Crippen molar-refractivity contribution in [2.75, 3.05) is 45.8 Å². The molecule has 0 aromatic heterocycles. The largest absolute Gasteiger partial charge is 0.338 e. The number of carbonyl (C=O) groups excluding carboxylic acids is 1. The van der Waals surface area contributed by atoms with Crippen molar-refractivity contribution in [3.05, 3.63) is 29.8 Å². The normalized spacial score (nSPS) is 23.1. The van der Waals surface area contributed by atoms with Gasteiger partial charge >= 0.3 is 0 Å². The maximum atomic E-state index is 13.0. The summed E-state index contributed by atoms with van der Waals surface area (Å²) < 4.78 is 27.6. The van der Waals surface area contributed by atoms with Crippen LogP contribution in [0, 0.1) is 5.92 Å². The van der Waals surface area contributed by atoms with Gasteiger partial charge < -0.3 is 9.80 Å². The number of piperazine rings is 1. The first-order chi connectivity index (χ1) is 13.8. The molecule has 3 rings (SSSR count). The fraction of sp³-hybridized carbons (Fsp3) is 0.682. The van der Waals surface area contributed by atoms with E-state index in [1.54, 1.807) is 16.4 Å². The number of likely N-dealkylation sites (tertiary alicyclic amines) is 1. The number of nitrogens with zero attached hydrogens (tertiary/aromatic N) is 2. The molecule has 0 radical (unpaired) electrons. The summed E-state index contributed by atoms with van der Waals surface area (Å²) in [5.41, 5.74) is 1.17. The monoisotopic (exact) mass is 422 g/mol. The molecule has 2 aliphatic heterocycles. The number of piperidine rings is 1. The average Bonchev–Trinajstić information content (AvgIpc) is 2.73. The highest BCUT2D eigenvalue weighted by atomic mass is 32.2. The van der Waals surface area contributed by atoms with Crippen molar-refractivity contribution in [1.29, 1.82) is 0 Å². The molecule has 2 saturated heterocycles. The van der Waals surface area contributed by atoms with E-state index in [1.165, 1.54) is 16.9 Å². The van der Waals surface area contributed by atoms with E-state index in [1.807, 2.05) is 17.0 Å². The third-order valence-corrected chi connectivity index (χ3v) is 8.45. The van der Waals surface area contributed by atoms with Crippen molar-refractivity contribution in [2.24, 2.45) is 5.92 Å². The van der Waals surface area contributed by atoms with Crippen LogP contribution >= 0.6 is 0 Å². The van der Waals surface area contributed by atoms with E-state index in [0.29, 0.717) is 49.5 Å². The van der Waals surface area contributed by atoms with E-state index in [0.717, 1.165) is 25.9 Å². The van der Waals surface area contributed by atoms with Gasteiger partial charge in [-0.15, -0.1) is 0 Å². The lowest BCUT2D eigenvalue weighted by Crippen LogP contribution is -3.15. The van der Waals surface area contributed by atoms with Crippen LogP contribution in [0.3, 0.4) is 0 Å². The molecular weight excluding hydrogens is 386 g/mol. The standard InChI is InChI=1S/C22H35N3O3S/c1-4-19(3)20-7-9-21(10-8-20)29(27,28)25-14-12-23(13-15-25)17-22(26)24-11-5-6-18(2)16-24/h7-10,18-19H,4-6,11-17H2,1-3H3/p+1/t18-,19-/m0/s1. The zero-order valence-electron chi connectivity index (χ0n) is 18.1. The third-order valence-electron chi connectivity index (χ3n) is 6.54. The molecule has 29 heavy (non-hydrogen) atoms. The van der Waals surface area contributed by atoms with Crippen molar-refractivity contribution in [2.45, 2.75) is 50.8 Å². The number of quaternary nitrogens is 1. The zero-order valence-corrected chi connectivity index (χ0v) is 18.9. The number of sulfonamides is 1. The molecule has 1 amide bonds. The molecule has 0 bridgehead atoms. The summed E-state index contributed by atoms with van der Waals surface area (Å²) in [4.78, 5) is 16.1. The van der Waals surface area contributed by atoms with E-state index in [4.69, 9.17) is 0 Å². The minimum absolute atomic E-state index is 0.212. The summed E-state index contributed by atoms with van der Waals surface area (Å²) in [6.45, 7) is 11.0. The summed E-state index contributed by atoms with van der Waals surface area (Å²) >= 11 is 0. The molecule has 1 N–H and O–H groups in total. The van der Waals surface area contributed by atoms with Crippen LogP contribution in [0.2, 0.25) is 0 Å². The van der Waals surface area contributed by atoms with Gasteiger partial charge in [-0.05, 0) is 48.8 Å². The highest BCUT2D eigenvalue weighted by Gasteiger charge is 2.32. The first-order valence-corrected chi connectivity index (χ1v) is 12.5. The number of hydrogen-bond donors (Lipinski definition) is 1. The molecule has 0 aliphatic carbocycles. The lowest BCUT2D eigenvalue weighted by atomic mass is 9.99. The highest BCUT2D eigenvalue weighted by molar-refractivity contribution is 7.89. The second-order valence-electron chi connectivity index (χ2n) is 8.80. The van der Waals surface area contributed by atoms with E-state index < -0.39 is 10.0 Å². The van der Waals surface area contributed by atoms with Gasteiger partial charge in [-0.3, -0.25) is 4.79 Å². The number of amides is 1. The molecule has 2 heterocycles. The molecule has 2 fully saturated rings. The topological polar surface area (TPSA) is 62.1 Å². The maximum Gasteiger partial charge on any atom is 0.277 e. The number of carbonyl (C=O) groups is 1. The van der Waals surface area contributed by atoms with Gasteiger partial charge in [0.25, 0.3) is 5.91 Å². The highest BCUT2D eigenvalue weighted by Crippen LogP contribution is 2.22. The Labute approximate surface area is 175 Å². The second-order valence-corrected chi connectivity index (χ2v) is 10.7. The fourth-order valence-corrected chi connectivity index (χ4v) is 5.76. The molecule has 1 aromatic rings. The number of hydrogen-bond acceptors (Lipinski definition) is 3. The van der Waals surface area contributed by atoms with Gasteiger partial charge in [-0.25, -0.2) is 8.42 Å². The predicted molar refractivity (Wildman–Crippen MR) is 114 cm³/mol. The van der Waals surface area contributed by atoms with E-state index in [-0.39, 0.29) is 5.91 Å². The quantitative estimate of drug-likeness (QED) is 0.753. The molecule has 6 nitrogen and oxygen atoms in total. The zero-order chi connectivity index (χ0) is 21.0. The number of rotatable bonds is 6. The van der Waals surface area contributed by atoms with Gasteiger partial charge in [0.15, 0.2) is 6.54 Å². The van der Waals surface area contributed by atoms with E-state index in [2.05, 4.69) is 20.8 Å². The summed E-state index contributed by atoms with van der Waals surface area (Å²) in [5, 5.41) is 0. The van der Waals surface area contributed by atoms with Gasteiger partial charge in [0.1, 0.15) is 0 Å². The summed E-state index contributed by atoms with van der Waals surface area (Å²) in [6.07, 6.45) is 3.32. The van der Waals surface area contributed by atoms with Crippen LogP contribution in [0.4, 0.5) is 0 Å². The average molecular weight is 423 g/mol. The predicted octanol–water partition coefficient (Wildman–Crippen LogP) is 1.35. The molecule has 2 aliphatic rings. The Bertz CT molecular complexity index is 786. The van der Waals surface area contributed by atoms with Crippen molar-refractivity contribution in [1.82, 2.24) is 9.21 Å².